The van der Waals surface area contributed by atoms with E-state index in [0.29, 0.717) is 28.6 Å². The van der Waals surface area contributed by atoms with E-state index < -0.39 is 0 Å². The Morgan fingerprint density at radius 1 is 1.00 bits per heavy atom. The van der Waals surface area contributed by atoms with Crippen molar-refractivity contribution in [1.82, 2.24) is 4.57 Å². The van der Waals surface area contributed by atoms with Gasteiger partial charge in [-0.2, -0.15) is 0 Å². The number of nitrogens with zero attached hydrogens (tertiary/aromatic N) is 2. The number of hydrogen-bond acceptors (Lipinski definition) is 4. The van der Waals surface area contributed by atoms with Crippen molar-refractivity contribution in [2.45, 2.75) is 20.8 Å². The Bertz CT molecular complexity index is 1340. The van der Waals surface area contributed by atoms with Gasteiger partial charge in [-0.3, -0.25) is 9.79 Å². The predicted octanol–water partition coefficient (Wildman–Crippen LogP) is 5.46. The molecule has 0 saturated heterocycles. The third-order valence-electron chi connectivity index (χ3n) is 5.19. The molecule has 0 amide bonds. The lowest BCUT2D eigenvalue weighted by Crippen LogP contribution is -2.21. The Morgan fingerprint density at radius 2 is 1.71 bits per heavy atom. The van der Waals surface area contributed by atoms with Crippen LogP contribution in [-0.4, -0.2) is 22.5 Å². The number of benzene rings is 3. The lowest BCUT2D eigenvalue weighted by atomic mass is 10.1. The minimum atomic E-state index is -0.265. The monoisotopic (exact) mass is 412 g/mol. The molecule has 0 bridgehead atoms. The molecule has 4 rings (SSSR count). The number of aliphatic imine (C=N–C) groups is 1. The van der Waals surface area contributed by atoms with Gasteiger partial charge in [-0.05, 0) is 62.7 Å². The standard InChI is InChI=1S/C26H24N2O3/c1-4-31-20-12-10-19(11-13-20)27-16-23-21-7-5-6-8-22(21)25(29)28(26(23)30)24-14-9-17(2)15-18(24)3/h5-16,30H,4H2,1-3H3. The normalized spacial score (nSPS) is 11.3. The van der Waals surface area contributed by atoms with Gasteiger partial charge < -0.3 is 9.84 Å². The zero-order chi connectivity index (χ0) is 22.0. The second-order valence-electron chi connectivity index (χ2n) is 7.40. The molecule has 0 atom stereocenters. The average Bonchev–Trinajstić information content (AvgIpc) is 2.76. The summed E-state index contributed by atoms with van der Waals surface area (Å²) in [6.45, 7) is 6.46. The van der Waals surface area contributed by atoms with Crippen LogP contribution in [0.4, 0.5) is 5.69 Å². The van der Waals surface area contributed by atoms with Gasteiger partial charge in [0, 0.05) is 17.0 Å². The molecule has 1 heterocycles. The number of aryl methyl sites for hydroxylation is 2. The summed E-state index contributed by atoms with van der Waals surface area (Å²) in [7, 11) is 0. The van der Waals surface area contributed by atoms with E-state index in [0.717, 1.165) is 22.6 Å². The van der Waals surface area contributed by atoms with Crippen LogP contribution in [0.25, 0.3) is 16.5 Å². The van der Waals surface area contributed by atoms with E-state index >= 15 is 0 Å². The third kappa shape index (κ3) is 3.94. The van der Waals surface area contributed by atoms with Crippen LogP contribution in [0, 0.1) is 13.8 Å². The largest absolute Gasteiger partial charge is 0.494 e. The molecule has 156 valence electrons. The molecule has 0 unspecified atom stereocenters. The van der Waals surface area contributed by atoms with Gasteiger partial charge in [0.25, 0.3) is 5.56 Å². The van der Waals surface area contributed by atoms with Gasteiger partial charge in [0.15, 0.2) is 0 Å². The number of hydrogen-bond donors (Lipinski definition) is 1. The Balaban J connectivity index is 1.89. The summed E-state index contributed by atoms with van der Waals surface area (Å²) in [5.41, 5.74) is 3.59. The van der Waals surface area contributed by atoms with Crippen LogP contribution in [0.15, 0.2) is 76.5 Å². The molecule has 0 spiro atoms. The van der Waals surface area contributed by atoms with E-state index in [9.17, 15) is 9.90 Å². The summed E-state index contributed by atoms with van der Waals surface area (Å²) in [6, 6.07) is 20.4. The van der Waals surface area contributed by atoms with Crippen LogP contribution in [0.3, 0.4) is 0 Å². The minimum absolute atomic E-state index is 0.134. The molecule has 1 N–H and O–H groups in total. The number of ether oxygens (including phenoxy) is 1. The van der Waals surface area contributed by atoms with Crippen molar-refractivity contribution in [2.75, 3.05) is 6.61 Å². The highest BCUT2D eigenvalue weighted by Crippen LogP contribution is 2.28. The van der Waals surface area contributed by atoms with Gasteiger partial charge >= 0.3 is 0 Å². The SMILES string of the molecule is CCOc1ccc(N=Cc2c(O)n(-c3ccc(C)cc3C)c(=O)c3ccccc23)cc1. The minimum Gasteiger partial charge on any atom is -0.494 e. The third-order valence-corrected chi connectivity index (χ3v) is 5.19. The first-order chi connectivity index (χ1) is 15.0. The fourth-order valence-electron chi connectivity index (χ4n) is 3.70. The van der Waals surface area contributed by atoms with Crippen molar-refractivity contribution >= 4 is 22.7 Å². The fourth-order valence-corrected chi connectivity index (χ4v) is 3.70. The molecule has 5 heteroatoms. The van der Waals surface area contributed by atoms with Crippen molar-refractivity contribution in [3.63, 3.8) is 0 Å². The van der Waals surface area contributed by atoms with Gasteiger partial charge in [-0.15, -0.1) is 0 Å². The van der Waals surface area contributed by atoms with Gasteiger partial charge in [-0.25, -0.2) is 4.57 Å². The molecule has 5 nitrogen and oxygen atoms in total. The summed E-state index contributed by atoms with van der Waals surface area (Å²) < 4.78 is 6.83. The van der Waals surface area contributed by atoms with Crippen LogP contribution in [0.5, 0.6) is 11.6 Å². The van der Waals surface area contributed by atoms with Crippen LogP contribution < -0.4 is 10.3 Å². The van der Waals surface area contributed by atoms with Crippen LogP contribution in [0.1, 0.15) is 23.6 Å². The number of fused-ring (bicyclic) bond motifs is 1. The molecular formula is C26H24N2O3. The Kier molecular flexibility index (Phi) is 5.58. The lowest BCUT2D eigenvalue weighted by Gasteiger charge is -2.16. The maximum atomic E-state index is 13.3. The highest BCUT2D eigenvalue weighted by atomic mass is 16.5. The molecule has 0 aliphatic carbocycles. The van der Waals surface area contributed by atoms with Crippen LogP contribution >= 0.6 is 0 Å². The van der Waals surface area contributed by atoms with E-state index in [1.54, 1.807) is 12.3 Å². The summed E-state index contributed by atoms with van der Waals surface area (Å²) >= 11 is 0. The molecule has 3 aromatic carbocycles. The number of rotatable bonds is 5. The molecule has 0 aliphatic rings. The zero-order valence-electron chi connectivity index (χ0n) is 17.8. The molecule has 0 aliphatic heterocycles. The Morgan fingerprint density at radius 3 is 2.39 bits per heavy atom. The van der Waals surface area contributed by atoms with E-state index in [1.165, 1.54) is 4.57 Å². The maximum Gasteiger partial charge on any atom is 0.265 e. The van der Waals surface area contributed by atoms with E-state index in [1.807, 2.05) is 81.4 Å². The van der Waals surface area contributed by atoms with E-state index in [-0.39, 0.29) is 11.4 Å². The van der Waals surface area contributed by atoms with Gasteiger partial charge in [-0.1, -0.05) is 35.9 Å². The number of pyridine rings is 1. The summed E-state index contributed by atoms with van der Waals surface area (Å²) in [5, 5.41) is 12.3. The maximum absolute atomic E-state index is 13.3. The van der Waals surface area contributed by atoms with E-state index in [2.05, 4.69) is 4.99 Å². The molecule has 4 aromatic rings. The molecule has 0 saturated carbocycles. The van der Waals surface area contributed by atoms with Gasteiger partial charge in [0.2, 0.25) is 5.88 Å². The summed E-state index contributed by atoms with van der Waals surface area (Å²) in [5.74, 6) is 0.642. The van der Waals surface area contributed by atoms with Crippen molar-refractivity contribution in [3.05, 3.63) is 93.8 Å². The van der Waals surface area contributed by atoms with Crippen molar-refractivity contribution in [2.24, 2.45) is 4.99 Å². The first-order valence-electron chi connectivity index (χ1n) is 10.2. The highest BCUT2D eigenvalue weighted by Gasteiger charge is 2.17. The van der Waals surface area contributed by atoms with Crippen molar-refractivity contribution in [1.29, 1.82) is 0 Å². The predicted molar refractivity (Wildman–Crippen MR) is 126 cm³/mol. The van der Waals surface area contributed by atoms with Crippen LogP contribution in [-0.2, 0) is 0 Å². The topological polar surface area (TPSA) is 63.8 Å². The summed E-state index contributed by atoms with van der Waals surface area (Å²) in [6.07, 6.45) is 1.60. The molecule has 31 heavy (non-hydrogen) atoms. The second-order valence-corrected chi connectivity index (χ2v) is 7.40. The van der Waals surface area contributed by atoms with E-state index in [4.69, 9.17) is 4.74 Å². The number of aromatic nitrogens is 1. The first-order valence-corrected chi connectivity index (χ1v) is 10.2. The Labute approximate surface area is 180 Å². The zero-order valence-corrected chi connectivity index (χ0v) is 17.8. The highest BCUT2D eigenvalue weighted by molar-refractivity contribution is 6.02. The molecular weight excluding hydrogens is 388 g/mol. The summed E-state index contributed by atoms with van der Waals surface area (Å²) in [4.78, 5) is 17.8. The number of aromatic hydroxyl groups is 1. The second kappa shape index (κ2) is 8.48. The smallest absolute Gasteiger partial charge is 0.265 e. The fraction of sp³-hybridized carbons (Fsp3) is 0.154. The van der Waals surface area contributed by atoms with Crippen molar-refractivity contribution < 1.29 is 9.84 Å². The van der Waals surface area contributed by atoms with Crippen molar-refractivity contribution in [3.8, 4) is 17.3 Å². The van der Waals surface area contributed by atoms with Crippen LogP contribution in [0.2, 0.25) is 0 Å². The Hall–Kier alpha value is -3.86. The van der Waals surface area contributed by atoms with Gasteiger partial charge in [0.05, 0.1) is 23.5 Å². The average molecular weight is 412 g/mol. The lowest BCUT2D eigenvalue weighted by molar-refractivity contribution is 0.340. The van der Waals surface area contributed by atoms with Gasteiger partial charge in [0.1, 0.15) is 5.75 Å². The first kappa shape index (κ1) is 20.4. The quantitative estimate of drug-likeness (QED) is 0.443. The molecule has 0 radical (unpaired) electrons. The molecule has 0 fully saturated rings. The molecule has 1 aromatic heterocycles.